The normalized spacial score (nSPS) is 12.3. The van der Waals surface area contributed by atoms with E-state index in [1.807, 2.05) is 57.5 Å². The van der Waals surface area contributed by atoms with Crippen molar-refractivity contribution in [2.45, 2.75) is 13.8 Å². The molecule has 0 fully saturated rings. The molecule has 3 heterocycles. The Bertz CT molecular complexity index is 1160. The number of hydrogen-bond donors (Lipinski definition) is 1. The van der Waals surface area contributed by atoms with Gasteiger partial charge in [0.15, 0.2) is 5.65 Å². The highest BCUT2D eigenvalue weighted by molar-refractivity contribution is 5.87. The van der Waals surface area contributed by atoms with Crippen molar-refractivity contribution < 1.29 is 4.39 Å². The molecule has 7 heteroatoms. The Morgan fingerprint density at radius 1 is 1.21 bits per heavy atom. The van der Waals surface area contributed by atoms with Gasteiger partial charge in [-0.15, -0.1) is 0 Å². The lowest BCUT2D eigenvalue weighted by Gasteiger charge is -2.05. The van der Waals surface area contributed by atoms with Crippen LogP contribution in [0.1, 0.15) is 25.2 Å². The van der Waals surface area contributed by atoms with Crippen LogP contribution in [0.25, 0.3) is 34.8 Å². The minimum atomic E-state index is -0.528. The van der Waals surface area contributed by atoms with Crippen LogP contribution in [0, 0.1) is 0 Å². The van der Waals surface area contributed by atoms with Crippen molar-refractivity contribution >= 4 is 29.3 Å². The second kappa shape index (κ2) is 8.52. The number of nitrogens with one attached hydrogen (secondary N) is 1. The first kappa shape index (κ1) is 20.0. The maximum atomic E-state index is 13.2. The summed E-state index contributed by atoms with van der Waals surface area (Å²) < 4.78 is 16.6. The lowest BCUT2D eigenvalue weighted by molar-refractivity contribution is 0.671. The fourth-order valence-corrected chi connectivity index (χ4v) is 2.99. The summed E-state index contributed by atoms with van der Waals surface area (Å²) in [4.78, 5) is 4.43. The number of fused-ring (bicyclic) bond motifs is 1. The van der Waals surface area contributed by atoms with Crippen LogP contribution in [0.2, 0.25) is 0 Å². The van der Waals surface area contributed by atoms with E-state index in [1.165, 1.54) is 6.08 Å². The number of nitrogens with zero attached hydrogens (tertiary/aromatic N) is 5. The van der Waals surface area contributed by atoms with Crippen LogP contribution < -0.4 is 5.32 Å². The average molecular weight is 390 g/mol. The van der Waals surface area contributed by atoms with Crippen molar-refractivity contribution in [1.29, 1.82) is 0 Å². The summed E-state index contributed by atoms with van der Waals surface area (Å²) in [6, 6.07) is 3.79. The van der Waals surface area contributed by atoms with E-state index < -0.39 is 5.83 Å². The predicted molar refractivity (Wildman–Crippen MR) is 118 cm³/mol. The van der Waals surface area contributed by atoms with Crippen LogP contribution in [-0.4, -0.2) is 31.4 Å². The molecule has 3 aromatic heterocycles. The minimum absolute atomic E-state index is 0.528. The molecule has 0 saturated carbocycles. The molecule has 29 heavy (non-hydrogen) atoms. The fourth-order valence-electron chi connectivity index (χ4n) is 2.99. The minimum Gasteiger partial charge on any atom is -0.372 e. The van der Waals surface area contributed by atoms with Gasteiger partial charge < -0.3 is 5.32 Å². The third-order valence-electron chi connectivity index (χ3n) is 4.31. The molecule has 0 bridgehead atoms. The van der Waals surface area contributed by atoms with Crippen LogP contribution in [0.3, 0.4) is 0 Å². The zero-order valence-corrected chi connectivity index (χ0v) is 16.7. The van der Waals surface area contributed by atoms with E-state index in [-0.39, 0.29) is 0 Å². The van der Waals surface area contributed by atoms with Crippen LogP contribution in [-0.2, 0) is 0 Å². The van der Waals surface area contributed by atoms with Crippen molar-refractivity contribution in [3.63, 3.8) is 0 Å². The van der Waals surface area contributed by atoms with Gasteiger partial charge >= 0.3 is 0 Å². The third kappa shape index (κ3) is 3.94. The van der Waals surface area contributed by atoms with Gasteiger partial charge in [0.25, 0.3) is 0 Å². The lowest BCUT2D eigenvalue weighted by Crippen LogP contribution is -1.96. The Hall–Kier alpha value is -3.74. The Balaban J connectivity index is 2.29. The second-order valence-electron chi connectivity index (χ2n) is 6.16. The molecule has 148 valence electrons. The van der Waals surface area contributed by atoms with Crippen LogP contribution >= 0.6 is 0 Å². The molecule has 0 spiro atoms. The molecule has 6 nitrogen and oxygen atoms in total. The topological polar surface area (TPSA) is 60.0 Å². The van der Waals surface area contributed by atoms with Crippen molar-refractivity contribution in [2.75, 3.05) is 12.4 Å². The number of halogens is 1. The molecule has 0 radical (unpaired) electrons. The van der Waals surface area contributed by atoms with Crippen molar-refractivity contribution in [2.24, 2.45) is 0 Å². The Morgan fingerprint density at radius 3 is 2.62 bits per heavy atom. The number of anilines is 1. The summed E-state index contributed by atoms with van der Waals surface area (Å²) in [5.74, 6) is 0.198. The zero-order chi connectivity index (χ0) is 21.0. The first-order chi connectivity index (χ1) is 14.0. The molecule has 0 atom stereocenters. The first-order valence-corrected chi connectivity index (χ1v) is 9.13. The molecule has 0 amide bonds. The average Bonchev–Trinajstić information content (AvgIpc) is 3.29. The molecule has 0 saturated heterocycles. The van der Waals surface area contributed by atoms with E-state index in [4.69, 9.17) is 5.10 Å². The monoisotopic (exact) mass is 390 g/mol. The summed E-state index contributed by atoms with van der Waals surface area (Å²) in [6.45, 7) is 10.9. The number of hydrogen-bond acceptors (Lipinski definition) is 4. The highest BCUT2D eigenvalue weighted by atomic mass is 19.1. The Kier molecular flexibility index (Phi) is 5.87. The Labute approximate surface area is 169 Å². The van der Waals surface area contributed by atoms with Gasteiger partial charge in [-0.1, -0.05) is 31.4 Å². The number of imidazole rings is 1. The van der Waals surface area contributed by atoms with Crippen LogP contribution in [0.15, 0.2) is 61.6 Å². The van der Waals surface area contributed by atoms with E-state index in [1.54, 1.807) is 21.5 Å². The molecule has 1 N–H and O–H groups in total. The van der Waals surface area contributed by atoms with E-state index in [9.17, 15) is 4.39 Å². The largest absolute Gasteiger partial charge is 0.372 e. The van der Waals surface area contributed by atoms with E-state index in [2.05, 4.69) is 28.6 Å². The quantitative estimate of drug-likeness (QED) is 0.563. The van der Waals surface area contributed by atoms with Gasteiger partial charge in [-0.2, -0.15) is 10.2 Å². The van der Waals surface area contributed by atoms with Gasteiger partial charge in [-0.3, -0.25) is 0 Å². The van der Waals surface area contributed by atoms with Gasteiger partial charge in [-0.05, 0) is 43.7 Å². The van der Waals surface area contributed by atoms with E-state index in [0.717, 1.165) is 28.3 Å². The van der Waals surface area contributed by atoms with Crippen molar-refractivity contribution in [3.8, 4) is 11.3 Å². The molecular weight excluding hydrogens is 367 g/mol. The molecule has 0 aliphatic heterocycles. The predicted octanol–water partition coefficient (Wildman–Crippen LogP) is 5.21. The summed E-state index contributed by atoms with van der Waals surface area (Å²) in [5, 5.41) is 12.4. The highest BCUT2D eigenvalue weighted by Crippen LogP contribution is 2.33. The summed E-state index contributed by atoms with van der Waals surface area (Å²) in [6.07, 6.45) is 12.1. The maximum Gasteiger partial charge on any atom is 0.156 e. The van der Waals surface area contributed by atoms with Gasteiger partial charge in [0.05, 0.1) is 23.1 Å². The van der Waals surface area contributed by atoms with E-state index >= 15 is 0 Å². The standard InChI is InChI=1S/C22H23FN6/c1-6-9-18-21(17-12-13-20-25-19(24-5)14-29(20)26-17)22(27-28(18)8-3)16(7-2)11-10-15(4)23/h6-14,24H,3-4H2,1-2,5H3/b9-6-,11-10-,16-7+. The maximum absolute atomic E-state index is 13.2. The van der Waals surface area contributed by atoms with Gasteiger partial charge in [-0.25, -0.2) is 18.6 Å². The number of aromatic nitrogens is 5. The van der Waals surface area contributed by atoms with Crippen molar-refractivity contribution in [1.82, 2.24) is 24.4 Å². The highest BCUT2D eigenvalue weighted by Gasteiger charge is 2.20. The second-order valence-corrected chi connectivity index (χ2v) is 6.16. The molecular formula is C22H23FN6. The van der Waals surface area contributed by atoms with Crippen molar-refractivity contribution in [3.05, 3.63) is 73.0 Å². The summed E-state index contributed by atoms with van der Waals surface area (Å²) in [5.41, 5.74) is 4.48. The summed E-state index contributed by atoms with van der Waals surface area (Å²) in [7, 11) is 1.81. The molecule has 0 aliphatic rings. The number of allylic oxidation sites excluding steroid dienone is 6. The van der Waals surface area contributed by atoms with Crippen LogP contribution in [0.4, 0.5) is 10.2 Å². The zero-order valence-electron chi connectivity index (χ0n) is 16.7. The molecule has 0 aliphatic carbocycles. The molecule has 3 rings (SSSR count). The van der Waals surface area contributed by atoms with E-state index in [0.29, 0.717) is 11.4 Å². The SMILES string of the molecule is C=Cn1nc(C(/C=C\C(=C)F)=C/C)c(-c2ccc3nc(NC)cn3n2)c1/C=C\C. The molecule has 3 aromatic rings. The Morgan fingerprint density at radius 2 is 2.00 bits per heavy atom. The van der Waals surface area contributed by atoms with Gasteiger partial charge in [0.1, 0.15) is 17.3 Å². The van der Waals surface area contributed by atoms with Crippen LogP contribution in [0.5, 0.6) is 0 Å². The van der Waals surface area contributed by atoms with Gasteiger partial charge in [0.2, 0.25) is 0 Å². The lowest BCUT2D eigenvalue weighted by atomic mass is 10.0. The number of rotatable bonds is 7. The summed E-state index contributed by atoms with van der Waals surface area (Å²) >= 11 is 0. The van der Waals surface area contributed by atoms with Gasteiger partial charge in [0, 0.05) is 13.2 Å². The first-order valence-electron chi connectivity index (χ1n) is 9.13. The fraction of sp³-hybridized carbons (Fsp3) is 0.136. The molecule has 0 unspecified atom stereocenters. The third-order valence-corrected chi connectivity index (χ3v) is 4.31. The smallest absolute Gasteiger partial charge is 0.156 e. The molecule has 0 aromatic carbocycles.